The van der Waals surface area contributed by atoms with Crippen LogP contribution in [0.15, 0.2) is 48.5 Å². The van der Waals surface area contributed by atoms with Gasteiger partial charge in [-0.25, -0.2) is 4.39 Å². The van der Waals surface area contributed by atoms with E-state index in [1.54, 1.807) is 29.2 Å². The fourth-order valence-electron chi connectivity index (χ4n) is 3.79. The summed E-state index contributed by atoms with van der Waals surface area (Å²) in [7, 11) is 0. The van der Waals surface area contributed by atoms with Gasteiger partial charge in [0.1, 0.15) is 11.9 Å². The second-order valence-electron chi connectivity index (χ2n) is 7.89. The van der Waals surface area contributed by atoms with E-state index >= 15 is 0 Å². The van der Waals surface area contributed by atoms with Crippen molar-refractivity contribution in [3.05, 3.63) is 70.5 Å². The van der Waals surface area contributed by atoms with Gasteiger partial charge in [-0.1, -0.05) is 18.5 Å². The molecule has 1 atom stereocenters. The minimum absolute atomic E-state index is 0.0811. The molecule has 3 amide bonds. The van der Waals surface area contributed by atoms with E-state index in [1.165, 1.54) is 24.3 Å². The van der Waals surface area contributed by atoms with Crippen molar-refractivity contribution in [2.45, 2.75) is 32.2 Å². The summed E-state index contributed by atoms with van der Waals surface area (Å²) < 4.78 is 13.2. The monoisotopic (exact) mass is 459 g/mol. The standard InChI is InChI=1S/C24H27ClFN3O3/c1-2-13-27-23(31)21(28-22(30)17-5-9-20(26)10-6-17)16-11-14-29(15-12-16)24(32)18-3-7-19(25)8-4-18/h3-10,16,21H,2,11-15H2,1H3,(H,27,31)(H,28,30)/t21-/m0/s1. The van der Waals surface area contributed by atoms with E-state index in [9.17, 15) is 18.8 Å². The van der Waals surface area contributed by atoms with Crippen LogP contribution in [0.5, 0.6) is 0 Å². The van der Waals surface area contributed by atoms with Crippen LogP contribution in [-0.4, -0.2) is 48.3 Å². The third-order valence-corrected chi connectivity index (χ3v) is 5.87. The van der Waals surface area contributed by atoms with Crippen molar-refractivity contribution in [3.8, 4) is 0 Å². The maximum Gasteiger partial charge on any atom is 0.253 e. The summed E-state index contributed by atoms with van der Waals surface area (Å²) in [6, 6.07) is 11.2. The first-order valence-electron chi connectivity index (χ1n) is 10.8. The Morgan fingerprint density at radius 2 is 1.62 bits per heavy atom. The summed E-state index contributed by atoms with van der Waals surface area (Å²) in [5, 5.41) is 6.24. The third-order valence-electron chi connectivity index (χ3n) is 5.61. The highest BCUT2D eigenvalue weighted by atomic mass is 35.5. The van der Waals surface area contributed by atoms with Gasteiger partial charge in [0, 0.05) is 35.8 Å². The highest BCUT2D eigenvalue weighted by Crippen LogP contribution is 2.23. The summed E-state index contributed by atoms with van der Waals surface area (Å²) in [6.45, 7) is 3.43. The molecule has 0 radical (unpaired) electrons. The number of halogens is 2. The Morgan fingerprint density at radius 3 is 2.22 bits per heavy atom. The van der Waals surface area contributed by atoms with Crippen molar-refractivity contribution >= 4 is 29.3 Å². The predicted molar refractivity (Wildman–Crippen MR) is 121 cm³/mol. The van der Waals surface area contributed by atoms with Gasteiger partial charge < -0.3 is 15.5 Å². The SMILES string of the molecule is CCCNC(=O)[C@@H](NC(=O)c1ccc(F)cc1)C1CCN(C(=O)c2ccc(Cl)cc2)CC1. The lowest BCUT2D eigenvalue weighted by Gasteiger charge is -2.36. The van der Waals surface area contributed by atoms with Crippen molar-refractivity contribution < 1.29 is 18.8 Å². The molecule has 2 N–H and O–H groups in total. The van der Waals surface area contributed by atoms with E-state index in [0.29, 0.717) is 43.1 Å². The highest BCUT2D eigenvalue weighted by molar-refractivity contribution is 6.30. The molecule has 0 unspecified atom stereocenters. The summed E-state index contributed by atoms with van der Waals surface area (Å²) in [4.78, 5) is 40.0. The van der Waals surface area contributed by atoms with Crippen LogP contribution in [0, 0.1) is 11.7 Å². The first-order valence-corrected chi connectivity index (χ1v) is 11.2. The molecule has 1 fully saturated rings. The van der Waals surface area contributed by atoms with Gasteiger partial charge in [-0.15, -0.1) is 0 Å². The van der Waals surface area contributed by atoms with E-state index in [1.807, 2.05) is 6.92 Å². The number of rotatable bonds is 7. The quantitative estimate of drug-likeness (QED) is 0.663. The first-order chi connectivity index (χ1) is 15.4. The molecule has 3 rings (SSSR count). The Labute approximate surface area is 192 Å². The average Bonchev–Trinajstić information content (AvgIpc) is 2.81. The van der Waals surface area contributed by atoms with Gasteiger partial charge >= 0.3 is 0 Å². The molecule has 0 saturated carbocycles. The van der Waals surface area contributed by atoms with Crippen LogP contribution in [-0.2, 0) is 4.79 Å². The molecular weight excluding hydrogens is 433 g/mol. The van der Waals surface area contributed by atoms with E-state index in [2.05, 4.69) is 10.6 Å². The van der Waals surface area contributed by atoms with Crippen molar-refractivity contribution in [1.29, 1.82) is 0 Å². The van der Waals surface area contributed by atoms with Gasteiger partial charge in [-0.05, 0) is 73.7 Å². The number of benzene rings is 2. The summed E-state index contributed by atoms with van der Waals surface area (Å²) in [6.07, 6.45) is 1.93. The molecule has 2 aromatic rings. The predicted octanol–water partition coefficient (Wildman–Crippen LogP) is 3.66. The van der Waals surface area contributed by atoms with Crippen LogP contribution in [0.2, 0.25) is 5.02 Å². The molecule has 1 saturated heterocycles. The Bertz CT molecular complexity index is 942. The zero-order valence-corrected chi connectivity index (χ0v) is 18.7. The Balaban J connectivity index is 1.66. The maximum atomic E-state index is 13.2. The van der Waals surface area contributed by atoms with Crippen molar-refractivity contribution in [1.82, 2.24) is 15.5 Å². The lowest BCUT2D eigenvalue weighted by Crippen LogP contribution is -2.54. The Hall–Kier alpha value is -2.93. The molecule has 170 valence electrons. The number of nitrogens with zero attached hydrogens (tertiary/aromatic N) is 1. The summed E-state index contributed by atoms with van der Waals surface area (Å²) in [5.74, 6) is -1.31. The lowest BCUT2D eigenvalue weighted by molar-refractivity contribution is -0.124. The van der Waals surface area contributed by atoms with Crippen molar-refractivity contribution in [2.24, 2.45) is 5.92 Å². The minimum atomic E-state index is -0.730. The fraction of sp³-hybridized carbons (Fsp3) is 0.375. The highest BCUT2D eigenvalue weighted by Gasteiger charge is 2.34. The zero-order valence-electron chi connectivity index (χ0n) is 17.9. The molecule has 8 heteroatoms. The van der Waals surface area contributed by atoms with Gasteiger partial charge in [0.2, 0.25) is 5.91 Å². The largest absolute Gasteiger partial charge is 0.354 e. The van der Waals surface area contributed by atoms with Gasteiger partial charge in [-0.3, -0.25) is 14.4 Å². The molecule has 0 aromatic heterocycles. The summed E-state index contributed by atoms with van der Waals surface area (Å²) in [5.41, 5.74) is 0.852. The maximum absolute atomic E-state index is 13.2. The second-order valence-corrected chi connectivity index (χ2v) is 8.32. The molecule has 2 aromatic carbocycles. The van der Waals surface area contributed by atoms with Gasteiger partial charge in [0.25, 0.3) is 11.8 Å². The van der Waals surface area contributed by atoms with E-state index in [4.69, 9.17) is 11.6 Å². The number of carbonyl (C=O) groups is 3. The third kappa shape index (κ3) is 6.07. The smallest absolute Gasteiger partial charge is 0.253 e. The van der Waals surface area contributed by atoms with Crippen LogP contribution < -0.4 is 10.6 Å². The normalized spacial score (nSPS) is 15.2. The molecule has 1 aliphatic rings. The molecule has 0 aliphatic carbocycles. The fourth-order valence-corrected chi connectivity index (χ4v) is 3.92. The first kappa shape index (κ1) is 23.7. The van der Waals surface area contributed by atoms with Crippen LogP contribution in [0.1, 0.15) is 46.9 Å². The van der Waals surface area contributed by atoms with Gasteiger partial charge in [-0.2, -0.15) is 0 Å². The minimum Gasteiger partial charge on any atom is -0.354 e. The van der Waals surface area contributed by atoms with E-state index < -0.39 is 17.8 Å². The van der Waals surface area contributed by atoms with Crippen LogP contribution >= 0.6 is 11.6 Å². The molecular formula is C24H27ClFN3O3. The molecule has 0 spiro atoms. The van der Waals surface area contributed by atoms with E-state index in [0.717, 1.165) is 6.42 Å². The van der Waals surface area contributed by atoms with Crippen molar-refractivity contribution in [3.63, 3.8) is 0 Å². The number of amides is 3. The number of piperidine rings is 1. The number of carbonyl (C=O) groups excluding carboxylic acids is 3. The van der Waals surface area contributed by atoms with Gasteiger partial charge in [0.15, 0.2) is 0 Å². The number of hydrogen-bond acceptors (Lipinski definition) is 3. The topological polar surface area (TPSA) is 78.5 Å². The van der Waals surface area contributed by atoms with Crippen LogP contribution in [0.3, 0.4) is 0 Å². The zero-order chi connectivity index (χ0) is 23.1. The number of hydrogen-bond donors (Lipinski definition) is 2. The Morgan fingerprint density at radius 1 is 1.03 bits per heavy atom. The average molecular weight is 460 g/mol. The molecule has 1 aliphatic heterocycles. The summed E-state index contributed by atoms with van der Waals surface area (Å²) >= 11 is 5.90. The Kier molecular flexibility index (Phi) is 8.22. The lowest BCUT2D eigenvalue weighted by atomic mass is 9.88. The van der Waals surface area contributed by atoms with Crippen molar-refractivity contribution in [2.75, 3.05) is 19.6 Å². The van der Waals surface area contributed by atoms with Crippen LogP contribution in [0.4, 0.5) is 4.39 Å². The molecule has 6 nitrogen and oxygen atoms in total. The number of likely N-dealkylation sites (tertiary alicyclic amines) is 1. The molecule has 1 heterocycles. The second kappa shape index (κ2) is 11.1. The van der Waals surface area contributed by atoms with Gasteiger partial charge in [0.05, 0.1) is 0 Å². The van der Waals surface area contributed by atoms with Crippen LogP contribution in [0.25, 0.3) is 0 Å². The molecule has 0 bridgehead atoms. The van der Waals surface area contributed by atoms with E-state index in [-0.39, 0.29) is 23.3 Å². The molecule has 32 heavy (non-hydrogen) atoms. The number of nitrogens with one attached hydrogen (secondary N) is 2.